The highest BCUT2D eigenvalue weighted by Gasteiger charge is 2.21. The van der Waals surface area contributed by atoms with Crippen molar-refractivity contribution in [3.8, 4) is 11.5 Å². The van der Waals surface area contributed by atoms with Crippen molar-refractivity contribution in [3.63, 3.8) is 0 Å². The molecule has 0 fully saturated rings. The quantitative estimate of drug-likeness (QED) is 0.772. The number of amides is 1. The molecule has 0 aliphatic carbocycles. The number of ether oxygens (including phenoxy) is 2. The molecule has 5 heteroatoms. The summed E-state index contributed by atoms with van der Waals surface area (Å²) in [5.41, 5.74) is 1.91. The normalized spacial score (nSPS) is 13.1. The van der Waals surface area contributed by atoms with Crippen LogP contribution in [0.1, 0.15) is 30.6 Å². The van der Waals surface area contributed by atoms with Crippen LogP contribution >= 0.6 is 0 Å². The molecule has 0 aliphatic rings. The molecule has 0 unspecified atom stereocenters. The van der Waals surface area contributed by atoms with E-state index in [0.29, 0.717) is 5.56 Å². The van der Waals surface area contributed by atoms with Crippen LogP contribution in [-0.2, 0) is 16.0 Å². The molecule has 5 nitrogen and oxygen atoms in total. The molecule has 0 saturated heterocycles. The van der Waals surface area contributed by atoms with Gasteiger partial charge in [0.05, 0.1) is 7.11 Å². The average molecular weight is 343 g/mol. The van der Waals surface area contributed by atoms with Gasteiger partial charge in [-0.25, -0.2) is 0 Å². The molecule has 0 bridgehead atoms. The van der Waals surface area contributed by atoms with Crippen LogP contribution in [0.3, 0.4) is 0 Å². The van der Waals surface area contributed by atoms with Crippen LogP contribution in [0, 0.1) is 0 Å². The van der Waals surface area contributed by atoms with Crippen LogP contribution in [0.25, 0.3) is 0 Å². The Kier molecular flexibility index (Phi) is 6.83. The minimum atomic E-state index is -0.691. The van der Waals surface area contributed by atoms with Gasteiger partial charge in [-0.15, -0.1) is 0 Å². The zero-order chi connectivity index (χ0) is 18.2. The van der Waals surface area contributed by atoms with E-state index in [-0.39, 0.29) is 17.7 Å². The van der Waals surface area contributed by atoms with Crippen molar-refractivity contribution in [3.05, 3.63) is 59.7 Å². The van der Waals surface area contributed by atoms with Gasteiger partial charge in [0.1, 0.15) is 11.5 Å². The largest absolute Gasteiger partial charge is 0.508 e. The summed E-state index contributed by atoms with van der Waals surface area (Å²) in [4.78, 5) is 12.4. The number of phenols is 1. The van der Waals surface area contributed by atoms with E-state index in [9.17, 15) is 9.90 Å². The van der Waals surface area contributed by atoms with E-state index in [1.165, 1.54) is 12.7 Å². The third-order valence-electron chi connectivity index (χ3n) is 4.08. The van der Waals surface area contributed by atoms with E-state index in [1.807, 2.05) is 31.2 Å². The first-order valence-electron chi connectivity index (χ1n) is 8.28. The molecule has 0 saturated carbocycles. The van der Waals surface area contributed by atoms with Crippen LogP contribution in [-0.4, -0.2) is 31.3 Å². The Labute approximate surface area is 148 Å². The second-order valence-electron chi connectivity index (χ2n) is 6.00. The fourth-order valence-corrected chi connectivity index (χ4v) is 2.61. The molecule has 134 valence electrons. The summed E-state index contributed by atoms with van der Waals surface area (Å²) in [5.74, 6) is 0.809. The van der Waals surface area contributed by atoms with Gasteiger partial charge in [-0.2, -0.15) is 0 Å². The SMILES string of the molecule is COc1ccc(CC[C@H](C)NC(=O)[C@H](OC)c2ccc(O)cc2)cc1. The molecule has 2 rings (SSSR count). The molecule has 25 heavy (non-hydrogen) atoms. The maximum atomic E-state index is 12.4. The first-order chi connectivity index (χ1) is 12.0. The highest BCUT2D eigenvalue weighted by Crippen LogP contribution is 2.20. The predicted molar refractivity (Wildman–Crippen MR) is 96.8 cm³/mol. The van der Waals surface area contributed by atoms with Crippen LogP contribution < -0.4 is 10.1 Å². The van der Waals surface area contributed by atoms with E-state index in [1.54, 1.807) is 31.4 Å². The smallest absolute Gasteiger partial charge is 0.253 e. The zero-order valence-corrected chi connectivity index (χ0v) is 14.9. The first-order valence-corrected chi connectivity index (χ1v) is 8.28. The summed E-state index contributed by atoms with van der Waals surface area (Å²) in [6.45, 7) is 1.98. The topological polar surface area (TPSA) is 67.8 Å². The number of hydrogen-bond acceptors (Lipinski definition) is 4. The fourth-order valence-electron chi connectivity index (χ4n) is 2.61. The maximum absolute atomic E-state index is 12.4. The Morgan fingerprint density at radius 1 is 1.08 bits per heavy atom. The number of phenolic OH excluding ortho intramolecular Hbond substituents is 1. The molecule has 2 atom stereocenters. The molecule has 2 aromatic rings. The number of nitrogens with one attached hydrogen (secondary N) is 1. The lowest BCUT2D eigenvalue weighted by Gasteiger charge is -2.20. The lowest BCUT2D eigenvalue weighted by Crippen LogP contribution is -2.37. The lowest BCUT2D eigenvalue weighted by atomic mass is 10.0. The molecule has 2 N–H and O–H groups in total. The van der Waals surface area contributed by atoms with Crippen LogP contribution in [0.4, 0.5) is 0 Å². The summed E-state index contributed by atoms with van der Waals surface area (Å²) in [6, 6.07) is 14.4. The Morgan fingerprint density at radius 3 is 2.28 bits per heavy atom. The molecule has 0 radical (unpaired) electrons. The van der Waals surface area contributed by atoms with Gasteiger partial charge in [0.2, 0.25) is 0 Å². The summed E-state index contributed by atoms with van der Waals surface area (Å²) in [6.07, 6.45) is 0.996. The monoisotopic (exact) mass is 343 g/mol. The van der Waals surface area contributed by atoms with Crippen molar-refractivity contribution >= 4 is 5.91 Å². The summed E-state index contributed by atoms with van der Waals surface area (Å²) in [7, 11) is 3.14. The number of carbonyl (C=O) groups is 1. The van der Waals surface area contributed by atoms with E-state index >= 15 is 0 Å². The third kappa shape index (κ3) is 5.50. The van der Waals surface area contributed by atoms with Crippen LogP contribution in [0.2, 0.25) is 0 Å². The second kappa shape index (κ2) is 9.08. The minimum Gasteiger partial charge on any atom is -0.508 e. The van der Waals surface area contributed by atoms with Crippen molar-refractivity contribution in [2.75, 3.05) is 14.2 Å². The number of methoxy groups -OCH3 is 2. The van der Waals surface area contributed by atoms with E-state index in [2.05, 4.69) is 5.32 Å². The van der Waals surface area contributed by atoms with E-state index < -0.39 is 6.10 Å². The number of aromatic hydroxyl groups is 1. The van der Waals surface area contributed by atoms with E-state index in [4.69, 9.17) is 9.47 Å². The van der Waals surface area contributed by atoms with Gasteiger partial charge in [0.15, 0.2) is 6.10 Å². The molecule has 1 amide bonds. The van der Waals surface area contributed by atoms with Crippen LogP contribution in [0.15, 0.2) is 48.5 Å². The zero-order valence-electron chi connectivity index (χ0n) is 14.9. The van der Waals surface area contributed by atoms with Gasteiger partial charge in [-0.05, 0) is 55.2 Å². The Balaban J connectivity index is 1.88. The predicted octanol–water partition coefficient (Wildman–Crippen LogP) is 3.23. The number of aryl methyl sites for hydroxylation is 1. The van der Waals surface area contributed by atoms with Gasteiger partial charge < -0.3 is 19.9 Å². The Morgan fingerprint density at radius 2 is 1.72 bits per heavy atom. The fraction of sp³-hybridized carbons (Fsp3) is 0.350. The van der Waals surface area contributed by atoms with Gasteiger partial charge in [0.25, 0.3) is 5.91 Å². The van der Waals surface area contributed by atoms with Crippen LogP contribution in [0.5, 0.6) is 11.5 Å². The highest BCUT2D eigenvalue weighted by molar-refractivity contribution is 5.82. The van der Waals surface area contributed by atoms with Crippen molar-refractivity contribution < 1.29 is 19.4 Å². The van der Waals surface area contributed by atoms with E-state index in [0.717, 1.165) is 18.6 Å². The molecule has 2 aromatic carbocycles. The summed E-state index contributed by atoms with van der Waals surface area (Å²) in [5, 5.41) is 12.3. The standard InChI is InChI=1S/C20H25NO4/c1-14(4-5-15-6-12-18(24-2)13-7-15)21-20(23)19(25-3)16-8-10-17(22)11-9-16/h6-14,19,22H,4-5H2,1-3H3,(H,21,23)/t14-,19+/m0/s1. The number of rotatable bonds is 8. The third-order valence-corrected chi connectivity index (χ3v) is 4.08. The first kappa shape index (κ1) is 18.8. The maximum Gasteiger partial charge on any atom is 0.253 e. The average Bonchev–Trinajstić information content (AvgIpc) is 2.62. The molecule has 0 aliphatic heterocycles. The van der Waals surface area contributed by atoms with Gasteiger partial charge in [0, 0.05) is 13.2 Å². The number of benzene rings is 2. The highest BCUT2D eigenvalue weighted by atomic mass is 16.5. The van der Waals surface area contributed by atoms with Gasteiger partial charge in [-0.1, -0.05) is 24.3 Å². The molecular formula is C20H25NO4. The second-order valence-corrected chi connectivity index (χ2v) is 6.00. The number of hydrogen-bond donors (Lipinski definition) is 2. The van der Waals surface area contributed by atoms with Gasteiger partial charge >= 0.3 is 0 Å². The summed E-state index contributed by atoms with van der Waals surface area (Å²) < 4.78 is 10.5. The van der Waals surface area contributed by atoms with Gasteiger partial charge in [-0.3, -0.25) is 4.79 Å². The molecule has 0 aromatic heterocycles. The van der Waals surface area contributed by atoms with Crippen molar-refractivity contribution in [1.82, 2.24) is 5.32 Å². The van der Waals surface area contributed by atoms with Crippen molar-refractivity contribution in [2.45, 2.75) is 31.9 Å². The molecule has 0 spiro atoms. The van der Waals surface area contributed by atoms with Crippen molar-refractivity contribution in [1.29, 1.82) is 0 Å². The summed E-state index contributed by atoms with van der Waals surface area (Å²) >= 11 is 0. The Hall–Kier alpha value is -2.53. The molecule has 0 heterocycles. The number of carbonyl (C=O) groups excluding carboxylic acids is 1. The lowest BCUT2D eigenvalue weighted by molar-refractivity contribution is -0.132. The van der Waals surface area contributed by atoms with Crippen molar-refractivity contribution in [2.24, 2.45) is 0 Å². The minimum absolute atomic E-state index is 0.0179. The molecular weight excluding hydrogens is 318 g/mol. The Bertz CT molecular complexity index is 667.